The van der Waals surface area contributed by atoms with Crippen molar-refractivity contribution in [3.8, 4) is 5.75 Å². The molecular weight excluding hydrogens is 286 g/mol. The molecule has 0 aromatic heterocycles. The molecule has 0 fully saturated rings. The van der Waals surface area contributed by atoms with Gasteiger partial charge in [0.25, 0.3) is 0 Å². The summed E-state index contributed by atoms with van der Waals surface area (Å²) in [4.78, 5) is 2.25. The number of benzene rings is 1. The molecule has 1 atom stereocenters. The third-order valence-electron chi connectivity index (χ3n) is 4.12. The van der Waals surface area contributed by atoms with Crippen LogP contribution in [-0.2, 0) is 4.74 Å². The molecule has 0 bridgehead atoms. The number of ether oxygens (including phenoxy) is 2. The van der Waals surface area contributed by atoms with Gasteiger partial charge < -0.3 is 9.47 Å². The van der Waals surface area contributed by atoms with E-state index in [2.05, 4.69) is 46.7 Å². The lowest BCUT2D eigenvalue weighted by atomic mass is 9.91. The number of para-hydroxylation sites is 1. The summed E-state index contributed by atoms with van der Waals surface area (Å²) in [7, 11) is 4.25. The summed E-state index contributed by atoms with van der Waals surface area (Å²) in [5, 5.41) is 0. The first kappa shape index (κ1) is 20.0. The molecule has 1 unspecified atom stereocenters. The van der Waals surface area contributed by atoms with E-state index in [-0.39, 0.29) is 5.72 Å². The molecule has 0 saturated heterocycles. The molecule has 0 heterocycles. The van der Waals surface area contributed by atoms with E-state index in [0.717, 1.165) is 18.6 Å². The zero-order valence-corrected chi connectivity index (χ0v) is 15.8. The Morgan fingerprint density at radius 3 is 2.13 bits per heavy atom. The van der Waals surface area contributed by atoms with Crippen LogP contribution in [0.2, 0.25) is 0 Å². The van der Waals surface area contributed by atoms with E-state index in [1.165, 1.54) is 6.42 Å². The molecule has 0 aliphatic heterocycles. The zero-order chi connectivity index (χ0) is 17.3. The zero-order valence-electron chi connectivity index (χ0n) is 15.8. The molecule has 1 rings (SSSR count). The molecule has 0 amide bonds. The van der Waals surface area contributed by atoms with Crippen molar-refractivity contribution in [3.05, 3.63) is 30.3 Å². The number of rotatable bonds is 11. The van der Waals surface area contributed by atoms with Gasteiger partial charge in [0.2, 0.25) is 0 Å². The minimum atomic E-state index is -0.196. The Morgan fingerprint density at radius 1 is 0.957 bits per heavy atom. The topological polar surface area (TPSA) is 21.7 Å². The highest BCUT2D eigenvalue weighted by molar-refractivity contribution is 5.20. The maximum Gasteiger partial charge on any atom is 0.121 e. The standard InChI is InChI=1S/C20H35NO2/c1-17(2)12-13-20(21(5)6,16-18(3)4)23-15-14-22-19-10-8-7-9-11-19/h7-11,17-18H,12-16H2,1-6H3. The first-order valence-electron chi connectivity index (χ1n) is 8.85. The second-order valence-electron chi connectivity index (χ2n) is 7.38. The largest absolute Gasteiger partial charge is 0.491 e. The summed E-state index contributed by atoms with van der Waals surface area (Å²) in [6, 6.07) is 9.93. The average Bonchev–Trinajstić information content (AvgIpc) is 2.49. The van der Waals surface area contributed by atoms with Crippen molar-refractivity contribution in [2.45, 2.75) is 52.7 Å². The second-order valence-corrected chi connectivity index (χ2v) is 7.38. The van der Waals surface area contributed by atoms with Gasteiger partial charge in [0, 0.05) is 0 Å². The van der Waals surface area contributed by atoms with Crippen LogP contribution in [0.1, 0.15) is 47.0 Å². The molecule has 0 N–H and O–H groups in total. The Bertz CT molecular complexity index is 417. The predicted octanol–water partition coefficient (Wildman–Crippen LogP) is 4.82. The van der Waals surface area contributed by atoms with Crippen LogP contribution in [0.3, 0.4) is 0 Å². The van der Waals surface area contributed by atoms with E-state index in [1.807, 2.05) is 30.3 Å². The van der Waals surface area contributed by atoms with Crippen LogP contribution in [0.25, 0.3) is 0 Å². The molecule has 0 aliphatic carbocycles. The third-order valence-corrected chi connectivity index (χ3v) is 4.12. The molecule has 3 nitrogen and oxygen atoms in total. The summed E-state index contributed by atoms with van der Waals surface area (Å²) in [5.41, 5.74) is -0.196. The minimum absolute atomic E-state index is 0.196. The summed E-state index contributed by atoms with van der Waals surface area (Å²) in [6.07, 6.45) is 3.27. The predicted molar refractivity (Wildman–Crippen MR) is 97.8 cm³/mol. The molecular formula is C20H35NO2. The Hall–Kier alpha value is -1.06. The Morgan fingerprint density at radius 2 is 1.61 bits per heavy atom. The molecule has 0 radical (unpaired) electrons. The van der Waals surface area contributed by atoms with Crippen LogP contribution >= 0.6 is 0 Å². The highest BCUT2D eigenvalue weighted by atomic mass is 16.5. The fraction of sp³-hybridized carbons (Fsp3) is 0.700. The van der Waals surface area contributed by atoms with Gasteiger partial charge in [0.15, 0.2) is 0 Å². The molecule has 0 saturated carbocycles. The van der Waals surface area contributed by atoms with Gasteiger partial charge in [-0.05, 0) is 57.3 Å². The maximum atomic E-state index is 6.38. The molecule has 1 aromatic carbocycles. The molecule has 0 spiro atoms. The van der Waals surface area contributed by atoms with E-state index >= 15 is 0 Å². The first-order chi connectivity index (χ1) is 10.9. The molecule has 3 heteroatoms. The van der Waals surface area contributed by atoms with Gasteiger partial charge in [0.1, 0.15) is 18.1 Å². The van der Waals surface area contributed by atoms with Crippen molar-refractivity contribution < 1.29 is 9.47 Å². The van der Waals surface area contributed by atoms with Gasteiger partial charge in [-0.15, -0.1) is 0 Å². The number of nitrogens with zero attached hydrogens (tertiary/aromatic N) is 1. The molecule has 0 aliphatic rings. The van der Waals surface area contributed by atoms with Gasteiger partial charge in [-0.3, -0.25) is 4.90 Å². The van der Waals surface area contributed by atoms with Crippen LogP contribution in [0.4, 0.5) is 0 Å². The van der Waals surface area contributed by atoms with Crippen molar-refractivity contribution in [3.63, 3.8) is 0 Å². The molecule has 1 aromatic rings. The van der Waals surface area contributed by atoms with Crippen LogP contribution in [0.5, 0.6) is 5.75 Å². The fourth-order valence-corrected chi connectivity index (χ4v) is 2.83. The van der Waals surface area contributed by atoms with E-state index in [4.69, 9.17) is 9.47 Å². The second kappa shape index (κ2) is 9.94. The lowest BCUT2D eigenvalue weighted by molar-refractivity contribution is -0.160. The van der Waals surface area contributed by atoms with Crippen molar-refractivity contribution >= 4 is 0 Å². The number of hydrogen-bond acceptors (Lipinski definition) is 3. The lowest BCUT2D eigenvalue weighted by Crippen LogP contribution is -2.48. The van der Waals surface area contributed by atoms with Crippen molar-refractivity contribution in [2.75, 3.05) is 27.3 Å². The Kier molecular flexibility index (Phi) is 8.64. The molecule has 132 valence electrons. The molecule has 23 heavy (non-hydrogen) atoms. The summed E-state index contributed by atoms with van der Waals surface area (Å²) >= 11 is 0. The summed E-state index contributed by atoms with van der Waals surface area (Å²) in [5.74, 6) is 2.18. The third kappa shape index (κ3) is 7.36. The number of hydrogen-bond donors (Lipinski definition) is 0. The first-order valence-corrected chi connectivity index (χ1v) is 8.85. The van der Waals surface area contributed by atoms with Gasteiger partial charge in [-0.1, -0.05) is 45.9 Å². The van der Waals surface area contributed by atoms with Crippen molar-refractivity contribution in [2.24, 2.45) is 11.8 Å². The van der Waals surface area contributed by atoms with Crippen molar-refractivity contribution in [1.82, 2.24) is 4.90 Å². The van der Waals surface area contributed by atoms with E-state index < -0.39 is 0 Å². The van der Waals surface area contributed by atoms with Crippen molar-refractivity contribution in [1.29, 1.82) is 0 Å². The van der Waals surface area contributed by atoms with E-state index in [9.17, 15) is 0 Å². The minimum Gasteiger partial charge on any atom is -0.491 e. The Labute approximate surface area is 143 Å². The Balaban J connectivity index is 2.59. The summed E-state index contributed by atoms with van der Waals surface area (Å²) < 4.78 is 12.1. The van der Waals surface area contributed by atoms with Gasteiger partial charge in [-0.25, -0.2) is 0 Å². The van der Waals surface area contributed by atoms with Crippen LogP contribution in [-0.4, -0.2) is 37.9 Å². The van der Waals surface area contributed by atoms with Gasteiger partial charge >= 0.3 is 0 Å². The normalized spacial score (nSPS) is 14.5. The van der Waals surface area contributed by atoms with E-state index in [1.54, 1.807) is 0 Å². The van der Waals surface area contributed by atoms with Crippen LogP contribution < -0.4 is 4.74 Å². The highest BCUT2D eigenvalue weighted by Gasteiger charge is 2.34. The van der Waals surface area contributed by atoms with Crippen LogP contribution in [0, 0.1) is 11.8 Å². The SMILES string of the molecule is CC(C)CCC(CC(C)C)(OCCOc1ccccc1)N(C)C. The highest BCUT2D eigenvalue weighted by Crippen LogP contribution is 2.30. The lowest BCUT2D eigenvalue weighted by Gasteiger charge is -2.41. The van der Waals surface area contributed by atoms with Crippen LogP contribution in [0.15, 0.2) is 30.3 Å². The maximum absolute atomic E-state index is 6.38. The smallest absolute Gasteiger partial charge is 0.121 e. The van der Waals surface area contributed by atoms with Gasteiger partial charge in [-0.2, -0.15) is 0 Å². The monoisotopic (exact) mass is 321 g/mol. The fourth-order valence-electron chi connectivity index (χ4n) is 2.83. The average molecular weight is 322 g/mol. The summed E-state index contributed by atoms with van der Waals surface area (Å²) in [6.45, 7) is 10.3. The quantitative estimate of drug-likeness (QED) is 0.431. The van der Waals surface area contributed by atoms with E-state index in [0.29, 0.717) is 25.0 Å². The van der Waals surface area contributed by atoms with Gasteiger partial charge in [0.05, 0.1) is 6.61 Å².